The van der Waals surface area contributed by atoms with Crippen LogP contribution in [0, 0.1) is 17.8 Å². The summed E-state index contributed by atoms with van der Waals surface area (Å²) < 4.78 is 0. The van der Waals surface area contributed by atoms with Gasteiger partial charge in [0.1, 0.15) is 5.78 Å². The Kier molecular flexibility index (Phi) is 7.94. The molecule has 0 heterocycles. The summed E-state index contributed by atoms with van der Waals surface area (Å²) in [4.78, 5) is 27.0. The number of hydrogen-bond acceptors (Lipinski definition) is 3. The maximum atomic E-state index is 12.4. The highest BCUT2D eigenvalue weighted by Crippen LogP contribution is 2.32. The Hall–Kier alpha value is -0.900. The first-order chi connectivity index (χ1) is 10.0. The van der Waals surface area contributed by atoms with Crippen LogP contribution in [-0.4, -0.2) is 42.8 Å². The van der Waals surface area contributed by atoms with Crippen LogP contribution in [0.3, 0.4) is 0 Å². The SMILES string of the molecule is CCN(CC)CCNC(=O)[C@H]1CCCC[C@H]1C(=O)C(C)C. The molecule has 1 saturated carbocycles. The van der Waals surface area contributed by atoms with Crippen LogP contribution < -0.4 is 5.32 Å². The van der Waals surface area contributed by atoms with E-state index in [1.807, 2.05) is 13.8 Å². The summed E-state index contributed by atoms with van der Waals surface area (Å²) in [5.41, 5.74) is 0. The fraction of sp³-hybridized carbons (Fsp3) is 0.882. The molecule has 1 amide bonds. The predicted octanol–water partition coefficient (Wildman–Crippen LogP) is 2.48. The molecule has 0 aromatic carbocycles. The normalized spacial score (nSPS) is 22.6. The van der Waals surface area contributed by atoms with Gasteiger partial charge in [-0.25, -0.2) is 0 Å². The Labute approximate surface area is 129 Å². The van der Waals surface area contributed by atoms with Crippen LogP contribution in [0.25, 0.3) is 0 Å². The number of ketones is 1. The van der Waals surface area contributed by atoms with Crippen LogP contribution >= 0.6 is 0 Å². The zero-order chi connectivity index (χ0) is 15.8. The molecule has 1 N–H and O–H groups in total. The molecule has 0 radical (unpaired) electrons. The van der Waals surface area contributed by atoms with E-state index in [2.05, 4.69) is 24.1 Å². The van der Waals surface area contributed by atoms with E-state index >= 15 is 0 Å². The van der Waals surface area contributed by atoms with Crippen LogP contribution in [0.4, 0.5) is 0 Å². The maximum absolute atomic E-state index is 12.4. The second-order valence-corrected chi connectivity index (χ2v) is 6.37. The van der Waals surface area contributed by atoms with Gasteiger partial charge in [0.25, 0.3) is 0 Å². The van der Waals surface area contributed by atoms with E-state index in [0.717, 1.165) is 45.3 Å². The molecule has 0 aromatic heterocycles. The first-order valence-electron chi connectivity index (χ1n) is 8.55. The standard InChI is InChI=1S/C17H32N2O2/c1-5-19(6-2)12-11-18-17(21)15-10-8-7-9-14(15)16(20)13(3)4/h13-15H,5-12H2,1-4H3,(H,18,21)/t14-,15+/m1/s1. The molecule has 0 aromatic rings. The minimum absolute atomic E-state index is 0.0269. The lowest BCUT2D eigenvalue weighted by Gasteiger charge is -2.31. The van der Waals surface area contributed by atoms with E-state index < -0.39 is 0 Å². The van der Waals surface area contributed by atoms with Crippen molar-refractivity contribution in [3.8, 4) is 0 Å². The molecule has 0 bridgehead atoms. The lowest BCUT2D eigenvalue weighted by molar-refractivity contribution is -0.137. The third-order valence-corrected chi connectivity index (χ3v) is 4.66. The second kappa shape index (κ2) is 9.19. The summed E-state index contributed by atoms with van der Waals surface area (Å²) in [5, 5.41) is 3.04. The number of nitrogens with zero attached hydrogens (tertiary/aromatic N) is 1. The summed E-state index contributed by atoms with van der Waals surface area (Å²) in [6.45, 7) is 11.7. The van der Waals surface area contributed by atoms with Gasteiger partial charge in [0.15, 0.2) is 0 Å². The Morgan fingerprint density at radius 1 is 1.10 bits per heavy atom. The number of amides is 1. The summed E-state index contributed by atoms with van der Waals surface area (Å²) >= 11 is 0. The van der Waals surface area contributed by atoms with Crippen LogP contribution in [0.2, 0.25) is 0 Å². The summed E-state index contributed by atoms with van der Waals surface area (Å²) in [5.74, 6) is 0.205. The Balaban J connectivity index is 2.51. The van der Waals surface area contributed by atoms with Crippen LogP contribution in [0.5, 0.6) is 0 Å². The molecule has 1 fully saturated rings. The molecular weight excluding hydrogens is 264 g/mol. The smallest absolute Gasteiger partial charge is 0.223 e. The van der Waals surface area contributed by atoms with Crippen molar-refractivity contribution < 1.29 is 9.59 Å². The molecule has 2 atom stereocenters. The Morgan fingerprint density at radius 3 is 2.19 bits per heavy atom. The highest BCUT2D eigenvalue weighted by atomic mass is 16.2. The highest BCUT2D eigenvalue weighted by molar-refractivity contribution is 5.89. The molecule has 0 aliphatic heterocycles. The number of carbonyl (C=O) groups excluding carboxylic acids is 2. The first-order valence-corrected chi connectivity index (χ1v) is 8.55. The van der Waals surface area contributed by atoms with E-state index in [1.165, 1.54) is 0 Å². The fourth-order valence-corrected chi connectivity index (χ4v) is 3.22. The molecule has 1 rings (SSSR count). The predicted molar refractivity (Wildman–Crippen MR) is 86.1 cm³/mol. The third-order valence-electron chi connectivity index (χ3n) is 4.66. The maximum Gasteiger partial charge on any atom is 0.223 e. The number of rotatable bonds is 8. The van der Waals surface area contributed by atoms with Crippen molar-refractivity contribution in [2.45, 2.75) is 53.4 Å². The number of Topliss-reactive ketones (excluding diaryl/α,β-unsaturated/α-hetero) is 1. The molecule has 4 heteroatoms. The van der Waals surface area contributed by atoms with Gasteiger partial charge in [-0.2, -0.15) is 0 Å². The van der Waals surface area contributed by atoms with Crippen molar-refractivity contribution in [1.29, 1.82) is 0 Å². The number of nitrogens with one attached hydrogen (secondary N) is 1. The number of carbonyl (C=O) groups is 2. The minimum Gasteiger partial charge on any atom is -0.355 e. The molecule has 21 heavy (non-hydrogen) atoms. The van der Waals surface area contributed by atoms with Crippen LogP contribution in [-0.2, 0) is 9.59 Å². The molecule has 0 unspecified atom stereocenters. The second-order valence-electron chi connectivity index (χ2n) is 6.37. The lowest BCUT2D eigenvalue weighted by Crippen LogP contribution is -2.43. The number of hydrogen-bond donors (Lipinski definition) is 1. The zero-order valence-corrected chi connectivity index (χ0v) is 14.2. The fourth-order valence-electron chi connectivity index (χ4n) is 3.22. The van der Waals surface area contributed by atoms with Gasteiger partial charge in [-0.15, -0.1) is 0 Å². The molecule has 0 saturated heterocycles. The molecule has 122 valence electrons. The van der Waals surface area contributed by atoms with Gasteiger partial charge in [0.05, 0.1) is 0 Å². The summed E-state index contributed by atoms with van der Waals surface area (Å²) in [7, 11) is 0. The Bertz CT molecular complexity index is 338. The highest BCUT2D eigenvalue weighted by Gasteiger charge is 2.36. The molecule has 1 aliphatic rings. The van der Waals surface area contributed by atoms with E-state index in [0.29, 0.717) is 6.54 Å². The van der Waals surface area contributed by atoms with E-state index in [4.69, 9.17) is 0 Å². The third kappa shape index (κ3) is 5.42. The van der Waals surface area contributed by atoms with Crippen molar-refractivity contribution in [2.24, 2.45) is 17.8 Å². The summed E-state index contributed by atoms with van der Waals surface area (Å²) in [6.07, 6.45) is 3.88. The van der Waals surface area contributed by atoms with Crippen molar-refractivity contribution in [2.75, 3.05) is 26.2 Å². The average molecular weight is 296 g/mol. The van der Waals surface area contributed by atoms with Crippen LogP contribution in [0.1, 0.15) is 53.4 Å². The van der Waals surface area contributed by atoms with Crippen LogP contribution in [0.15, 0.2) is 0 Å². The molecular formula is C17H32N2O2. The Morgan fingerprint density at radius 2 is 1.67 bits per heavy atom. The van der Waals surface area contributed by atoms with E-state index in [1.54, 1.807) is 0 Å². The zero-order valence-electron chi connectivity index (χ0n) is 14.2. The molecule has 1 aliphatic carbocycles. The van der Waals surface area contributed by atoms with Gasteiger partial charge in [-0.1, -0.05) is 40.5 Å². The largest absolute Gasteiger partial charge is 0.355 e. The van der Waals surface area contributed by atoms with Crippen molar-refractivity contribution in [1.82, 2.24) is 10.2 Å². The van der Waals surface area contributed by atoms with Gasteiger partial charge in [0.2, 0.25) is 5.91 Å². The summed E-state index contributed by atoms with van der Waals surface area (Å²) in [6, 6.07) is 0. The van der Waals surface area contributed by atoms with Gasteiger partial charge in [-0.05, 0) is 25.9 Å². The molecule has 4 nitrogen and oxygen atoms in total. The average Bonchev–Trinajstić information content (AvgIpc) is 2.50. The lowest BCUT2D eigenvalue weighted by atomic mass is 9.74. The molecule has 0 spiro atoms. The van der Waals surface area contributed by atoms with E-state index in [-0.39, 0.29) is 29.4 Å². The minimum atomic E-state index is -0.106. The van der Waals surface area contributed by atoms with Crippen molar-refractivity contribution in [3.05, 3.63) is 0 Å². The van der Waals surface area contributed by atoms with Crippen molar-refractivity contribution >= 4 is 11.7 Å². The number of likely N-dealkylation sites (N-methyl/N-ethyl adjacent to an activating group) is 1. The van der Waals surface area contributed by atoms with E-state index in [9.17, 15) is 9.59 Å². The first kappa shape index (κ1) is 18.1. The quantitative estimate of drug-likeness (QED) is 0.748. The van der Waals surface area contributed by atoms with Gasteiger partial charge in [-0.3, -0.25) is 9.59 Å². The van der Waals surface area contributed by atoms with Gasteiger partial charge < -0.3 is 10.2 Å². The van der Waals surface area contributed by atoms with Gasteiger partial charge >= 0.3 is 0 Å². The monoisotopic (exact) mass is 296 g/mol. The topological polar surface area (TPSA) is 49.4 Å². The van der Waals surface area contributed by atoms with Gasteiger partial charge in [0, 0.05) is 30.8 Å². The van der Waals surface area contributed by atoms with Crippen molar-refractivity contribution in [3.63, 3.8) is 0 Å².